The van der Waals surface area contributed by atoms with Gasteiger partial charge < -0.3 is 5.32 Å². The molecule has 0 spiro atoms. The third-order valence-electron chi connectivity index (χ3n) is 4.15. The van der Waals surface area contributed by atoms with Gasteiger partial charge in [0.1, 0.15) is 0 Å². The average Bonchev–Trinajstić information content (AvgIpc) is 3.03. The molecule has 1 aliphatic heterocycles. The number of benzene rings is 1. The first-order chi connectivity index (χ1) is 9.29. The van der Waals surface area contributed by atoms with Crippen LogP contribution in [0.2, 0.25) is 5.02 Å². The van der Waals surface area contributed by atoms with E-state index in [9.17, 15) is 0 Å². The van der Waals surface area contributed by atoms with Gasteiger partial charge in [-0.15, -0.1) is 0 Å². The number of hydrogen-bond donors (Lipinski definition) is 1. The molecular formula is C16H23ClN2. The first-order valence-corrected chi connectivity index (χ1v) is 7.87. The number of nitrogens with one attached hydrogen (secondary N) is 1. The van der Waals surface area contributed by atoms with Crippen molar-refractivity contribution >= 4 is 11.6 Å². The van der Waals surface area contributed by atoms with E-state index in [1.54, 1.807) is 0 Å². The van der Waals surface area contributed by atoms with Crippen molar-refractivity contribution < 1.29 is 0 Å². The topological polar surface area (TPSA) is 15.3 Å². The van der Waals surface area contributed by atoms with Gasteiger partial charge in [-0.25, -0.2) is 0 Å². The lowest BCUT2D eigenvalue weighted by Crippen LogP contribution is -2.38. The van der Waals surface area contributed by atoms with Crippen LogP contribution in [0, 0.1) is 5.92 Å². The van der Waals surface area contributed by atoms with E-state index >= 15 is 0 Å². The molecule has 0 radical (unpaired) electrons. The third kappa shape index (κ3) is 4.20. The Labute approximate surface area is 121 Å². The van der Waals surface area contributed by atoms with Gasteiger partial charge in [-0.05, 0) is 55.8 Å². The Morgan fingerprint density at radius 3 is 2.79 bits per heavy atom. The van der Waals surface area contributed by atoms with Gasteiger partial charge in [0, 0.05) is 30.7 Å². The molecule has 19 heavy (non-hydrogen) atoms. The van der Waals surface area contributed by atoms with Crippen LogP contribution in [0.5, 0.6) is 0 Å². The van der Waals surface area contributed by atoms with Gasteiger partial charge in [0.15, 0.2) is 0 Å². The molecule has 1 saturated heterocycles. The Balaban J connectivity index is 1.60. The van der Waals surface area contributed by atoms with E-state index in [2.05, 4.69) is 28.4 Å². The Hall–Kier alpha value is -0.570. The molecule has 3 rings (SSSR count). The molecule has 2 aliphatic rings. The minimum Gasteiger partial charge on any atom is -0.313 e. The molecule has 2 fully saturated rings. The summed E-state index contributed by atoms with van der Waals surface area (Å²) in [5.41, 5.74) is 1.34. The van der Waals surface area contributed by atoms with Crippen LogP contribution in [0.3, 0.4) is 0 Å². The van der Waals surface area contributed by atoms with E-state index in [0.29, 0.717) is 6.04 Å². The van der Waals surface area contributed by atoms with Gasteiger partial charge in [-0.2, -0.15) is 0 Å². The molecule has 3 heteroatoms. The van der Waals surface area contributed by atoms with Crippen LogP contribution >= 0.6 is 11.6 Å². The predicted octanol–water partition coefficient (Wildman–Crippen LogP) is 3.30. The van der Waals surface area contributed by atoms with Crippen molar-refractivity contribution in [3.8, 4) is 0 Å². The van der Waals surface area contributed by atoms with Crippen LogP contribution in [0.1, 0.15) is 31.2 Å². The second-order valence-corrected chi connectivity index (χ2v) is 6.50. The normalized spacial score (nSPS) is 23.2. The molecule has 1 heterocycles. The maximum absolute atomic E-state index is 6.09. The van der Waals surface area contributed by atoms with Crippen LogP contribution in [-0.2, 0) is 6.54 Å². The summed E-state index contributed by atoms with van der Waals surface area (Å²) in [6.07, 6.45) is 5.50. The lowest BCUT2D eigenvalue weighted by Gasteiger charge is -2.25. The summed E-state index contributed by atoms with van der Waals surface area (Å²) >= 11 is 6.09. The fourth-order valence-corrected chi connectivity index (χ4v) is 3.20. The number of hydrogen-bond acceptors (Lipinski definition) is 2. The molecular weight excluding hydrogens is 256 g/mol. The summed E-state index contributed by atoms with van der Waals surface area (Å²) in [4.78, 5) is 2.62. The van der Waals surface area contributed by atoms with Crippen molar-refractivity contribution in [1.82, 2.24) is 10.2 Å². The zero-order valence-corrected chi connectivity index (χ0v) is 12.2. The Bertz CT molecular complexity index is 411. The first-order valence-electron chi connectivity index (χ1n) is 7.50. The van der Waals surface area contributed by atoms with Crippen molar-refractivity contribution in [1.29, 1.82) is 0 Å². The van der Waals surface area contributed by atoms with E-state index in [1.165, 1.54) is 50.9 Å². The first kappa shape index (κ1) is 13.4. The smallest absolute Gasteiger partial charge is 0.0409 e. The van der Waals surface area contributed by atoms with Crippen molar-refractivity contribution in [3.63, 3.8) is 0 Å². The standard InChI is InChI=1S/C16H23ClN2/c17-15-4-1-3-14(9-15)11-19(10-13-6-7-13)12-16-5-2-8-18-16/h1,3-4,9,13,16,18H,2,5-8,10-12H2. The monoisotopic (exact) mass is 278 g/mol. The molecule has 104 valence electrons. The zero-order valence-electron chi connectivity index (χ0n) is 11.4. The minimum atomic E-state index is 0.693. The van der Waals surface area contributed by atoms with Crippen LogP contribution in [0.25, 0.3) is 0 Å². The Morgan fingerprint density at radius 2 is 2.11 bits per heavy atom. The highest BCUT2D eigenvalue weighted by Gasteiger charge is 2.26. The maximum Gasteiger partial charge on any atom is 0.0409 e. The van der Waals surface area contributed by atoms with E-state index < -0.39 is 0 Å². The minimum absolute atomic E-state index is 0.693. The van der Waals surface area contributed by atoms with Gasteiger partial charge in [0.05, 0.1) is 0 Å². The van der Waals surface area contributed by atoms with E-state index in [4.69, 9.17) is 11.6 Å². The van der Waals surface area contributed by atoms with Crippen molar-refractivity contribution in [2.24, 2.45) is 5.92 Å². The van der Waals surface area contributed by atoms with E-state index in [-0.39, 0.29) is 0 Å². The largest absolute Gasteiger partial charge is 0.313 e. The number of nitrogens with zero attached hydrogens (tertiary/aromatic N) is 1. The van der Waals surface area contributed by atoms with Gasteiger partial charge in [-0.1, -0.05) is 23.7 Å². The van der Waals surface area contributed by atoms with Crippen molar-refractivity contribution in [2.45, 2.75) is 38.3 Å². The molecule has 1 atom stereocenters. The molecule has 1 aromatic rings. The van der Waals surface area contributed by atoms with Crippen LogP contribution < -0.4 is 5.32 Å². The maximum atomic E-state index is 6.09. The summed E-state index contributed by atoms with van der Waals surface area (Å²) in [6, 6.07) is 8.99. The molecule has 1 aromatic carbocycles. The van der Waals surface area contributed by atoms with Gasteiger partial charge in [-0.3, -0.25) is 4.90 Å². The highest BCUT2D eigenvalue weighted by atomic mass is 35.5. The van der Waals surface area contributed by atoms with Crippen molar-refractivity contribution in [2.75, 3.05) is 19.6 Å². The lowest BCUT2D eigenvalue weighted by molar-refractivity contribution is 0.232. The van der Waals surface area contributed by atoms with Crippen LogP contribution in [-0.4, -0.2) is 30.6 Å². The molecule has 0 amide bonds. The summed E-state index contributed by atoms with van der Waals surface area (Å²) < 4.78 is 0. The van der Waals surface area contributed by atoms with E-state index in [0.717, 1.165) is 17.5 Å². The molecule has 0 aromatic heterocycles. The highest BCUT2D eigenvalue weighted by Crippen LogP contribution is 2.30. The summed E-state index contributed by atoms with van der Waals surface area (Å²) in [5, 5.41) is 4.46. The number of halogens is 1. The van der Waals surface area contributed by atoms with Crippen LogP contribution in [0.4, 0.5) is 0 Å². The van der Waals surface area contributed by atoms with Crippen molar-refractivity contribution in [3.05, 3.63) is 34.9 Å². The summed E-state index contributed by atoms with van der Waals surface area (Å²) in [6.45, 7) is 4.67. The molecule has 1 saturated carbocycles. The third-order valence-corrected chi connectivity index (χ3v) is 4.38. The molecule has 1 aliphatic carbocycles. The summed E-state index contributed by atoms with van der Waals surface area (Å²) in [7, 11) is 0. The fourth-order valence-electron chi connectivity index (χ4n) is 2.99. The molecule has 2 nitrogen and oxygen atoms in total. The molecule has 0 bridgehead atoms. The fraction of sp³-hybridized carbons (Fsp3) is 0.625. The quantitative estimate of drug-likeness (QED) is 0.859. The lowest BCUT2D eigenvalue weighted by atomic mass is 10.1. The number of rotatable bonds is 6. The Morgan fingerprint density at radius 1 is 1.21 bits per heavy atom. The molecule has 1 unspecified atom stereocenters. The van der Waals surface area contributed by atoms with Crippen LogP contribution in [0.15, 0.2) is 24.3 Å². The second-order valence-electron chi connectivity index (χ2n) is 6.06. The SMILES string of the molecule is Clc1cccc(CN(CC2CC2)CC2CCCN2)c1. The van der Waals surface area contributed by atoms with Gasteiger partial charge >= 0.3 is 0 Å². The predicted molar refractivity (Wildman–Crippen MR) is 80.5 cm³/mol. The van der Waals surface area contributed by atoms with E-state index in [1.807, 2.05) is 6.07 Å². The molecule has 1 N–H and O–H groups in total. The average molecular weight is 279 g/mol. The summed E-state index contributed by atoms with van der Waals surface area (Å²) in [5.74, 6) is 0.945. The Kier molecular flexibility index (Phi) is 4.42. The zero-order chi connectivity index (χ0) is 13.1. The van der Waals surface area contributed by atoms with Gasteiger partial charge in [0.2, 0.25) is 0 Å². The van der Waals surface area contributed by atoms with Gasteiger partial charge in [0.25, 0.3) is 0 Å². The highest BCUT2D eigenvalue weighted by molar-refractivity contribution is 6.30. The second kappa shape index (κ2) is 6.25.